The van der Waals surface area contributed by atoms with Gasteiger partial charge in [-0.05, 0) is 32.3 Å². The normalized spacial score (nSPS) is 16.2. The molecule has 1 aromatic carbocycles. The summed E-state index contributed by atoms with van der Waals surface area (Å²) in [5.74, 6) is 0. The van der Waals surface area contributed by atoms with E-state index in [0.717, 1.165) is 32.5 Å². The zero-order valence-electron chi connectivity index (χ0n) is 12.4. The number of hydrogen-bond donors (Lipinski definition) is 1. The Hall–Kier alpha value is -1.55. The quantitative estimate of drug-likeness (QED) is 0.919. The van der Waals surface area contributed by atoms with Gasteiger partial charge in [-0.1, -0.05) is 29.8 Å². The molecule has 1 heterocycles. The lowest BCUT2D eigenvalue weighted by atomic mass is 10.0. The molecular formula is C16H24N2O2. The first-order chi connectivity index (χ1) is 9.69. The molecule has 0 spiro atoms. The van der Waals surface area contributed by atoms with E-state index in [0.29, 0.717) is 12.6 Å². The largest absolute Gasteiger partial charge is 0.450 e. The highest BCUT2D eigenvalue weighted by atomic mass is 16.6. The Kier molecular flexibility index (Phi) is 5.41. The van der Waals surface area contributed by atoms with Crippen LogP contribution in [0.4, 0.5) is 4.79 Å². The van der Waals surface area contributed by atoms with Gasteiger partial charge in [0.1, 0.15) is 0 Å². The van der Waals surface area contributed by atoms with Crippen molar-refractivity contribution in [2.24, 2.45) is 0 Å². The number of amides is 1. The third-order valence-corrected chi connectivity index (χ3v) is 3.70. The summed E-state index contributed by atoms with van der Waals surface area (Å²) in [5.41, 5.74) is 2.61. The van der Waals surface area contributed by atoms with E-state index in [1.807, 2.05) is 6.92 Å². The van der Waals surface area contributed by atoms with E-state index in [-0.39, 0.29) is 6.09 Å². The van der Waals surface area contributed by atoms with Crippen molar-refractivity contribution >= 4 is 6.09 Å². The highest BCUT2D eigenvalue weighted by Gasteiger charge is 2.22. The second-order valence-electron chi connectivity index (χ2n) is 5.33. The van der Waals surface area contributed by atoms with Gasteiger partial charge in [0.15, 0.2) is 0 Å². The molecule has 20 heavy (non-hydrogen) atoms. The summed E-state index contributed by atoms with van der Waals surface area (Å²) in [5, 5.41) is 3.58. The molecule has 1 saturated heterocycles. The van der Waals surface area contributed by atoms with Crippen molar-refractivity contribution in [1.82, 2.24) is 10.2 Å². The van der Waals surface area contributed by atoms with Gasteiger partial charge in [0, 0.05) is 25.7 Å². The van der Waals surface area contributed by atoms with Crippen LogP contribution in [0, 0.1) is 6.92 Å². The van der Waals surface area contributed by atoms with Crippen LogP contribution in [0.2, 0.25) is 0 Å². The average Bonchev–Trinajstić information content (AvgIpc) is 2.46. The van der Waals surface area contributed by atoms with Gasteiger partial charge < -0.3 is 15.0 Å². The van der Waals surface area contributed by atoms with E-state index in [1.54, 1.807) is 4.90 Å². The number of likely N-dealkylation sites (tertiary alicyclic amines) is 1. The fourth-order valence-corrected chi connectivity index (χ4v) is 2.57. The minimum atomic E-state index is -0.176. The highest BCUT2D eigenvalue weighted by molar-refractivity contribution is 5.67. The van der Waals surface area contributed by atoms with Crippen molar-refractivity contribution in [3.63, 3.8) is 0 Å². The summed E-state index contributed by atoms with van der Waals surface area (Å²) in [4.78, 5) is 13.4. The molecule has 2 rings (SSSR count). The fourth-order valence-electron chi connectivity index (χ4n) is 2.57. The molecule has 4 nitrogen and oxygen atoms in total. The monoisotopic (exact) mass is 276 g/mol. The van der Waals surface area contributed by atoms with Gasteiger partial charge in [-0.3, -0.25) is 0 Å². The van der Waals surface area contributed by atoms with Crippen LogP contribution in [0.15, 0.2) is 24.3 Å². The van der Waals surface area contributed by atoms with Gasteiger partial charge in [-0.2, -0.15) is 0 Å². The second-order valence-corrected chi connectivity index (χ2v) is 5.33. The maximum atomic E-state index is 11.6. The van der Waals surface area contributed by atoms with Gasteiger partial charge >= 0.3 is 6.09 Å². The Balaban J connectivity index is 1.73. The van der Waals surface area contributed by atoms with E-state index < -0.39 is 0 Å². The number of rotatable bonds is 4. The number of ether oxygens (including phenoxy) is 1. The summed E-state index contributed by atoms with van der Waals surface area (Å²) in [6.45, 7) is 6.86. The molecule has 110 valence electrons. The first-order valence-electron chi connectivity index (χ1n) is 7.39. The lowest BCUT2D eigenvalue weighted by Gasteiger charge is -2.31. The van der Waals surface area contributed by atoms with Crippen LogP contribution in [0.3, 0.4) is 0 Å². The molecule has 1 aliphatic rings. The zero-order chi connectivity index (χ0) is 14.4. The minimum Gasteiger partial charge on any atom is -0.450 e. The molecule has 0 aliphatic carbocycles. The van der Waals surface area contributed by atoms with Crippen molar-refractivity contribution in [2.45, 2.75) is 39.3 Å². The molecule has 0 bridgehead atoms. The van der Waals surface area contributed by atoms with Crippen LogP contribution in [0.5, 0.6) is 0 Å². The molecule has 4 heteroatoms. The average molecular weight is 276 g/mol. The van der Waals surface area contributed by atoms with Crippen molar-refractivity contribution in [2.75, 3.05) is 19.7 Å². The Morgan fingerprint density at radius 3 is 2.80 bits per heavy atom. The van der Waals surface area contributed by atoms with Crippen molar-refractivity contribution in [1.29, 1.82) is 0 Å². The lowest BCUT2D eigenvalue weighted by molar-refractivity contribution is 0.0950. The van der Waals surface area contributed by atoms with Gasteiger partial charge in [-0.25, -0.2) is 4.79 Å². The van der Waals surface area contributed by atoms with Crippen molar-refractivity contribution in [3.05, 3.63) is 35.4 Å². The summed E-state index contributed by atoms with van der Waals surface area (Å²) >= 11 is 0. The third-order valence-electron chi connectivity index (χ3n) is 3.70. The molecule has 0 saturated carbocycles. The van der Waals surface area contributed by atoms with Gasteiger partial charge in [0.2, 0.25) is 0 Å². The summed E-state index contributed by atoms with van der Waals surface area (Å²) in [6, 6.07) is 9.05. The Labute approximate surface area is 121 Å². The maximum Gasteiger partial charge on any atom is 0.409 e. The molecular weight excluding hydrogens is 252 g/mol. The predicted molar refractivity (Wildman–Crippen MR) is 79.6 cm³/mol. The molecule has 0 aromatic heterocycles. The standard InChI is InChI=1S/C16H24N2O2/c1-3-20-16(19)18-9-7-15(8-10-18)17-12-14-6-4-5-13(2)11-14/h4-6,11,15,17H,3,7-10,12H2,1-2H3. The van der Waals surface area contributed by atoms with Gasteiger partial charge in [0.25, 0.3) is 0 Å². The van der Waals surface area contributed by atoms with Crippen LogP contribution in [-0.2, 0) is 11.3 Å². The second kappa shape index (κ2) is 7.29. The highest BCUT2D eigenvalue weighted by Crippen LogP contribution is 2.12. The van der Waals surface area contributed by atoms with Crippen LogP contribution < -0.4 is 5.32 Å². The molecule has 0 unspecified atom stereocenters. The SMILES string of the molecule is CCOC(=O)N1CCC(NCc2cccc(C)c2)CC1. The number of nitrogens with one attached hydrogen (secondary N) is 1. The van der Waals surface area contributed by atoms with Gasteiger partial charge in [-0.15, -0.1) is 0 Å². The van der Waals surface area contributed by atoms with Crippen LogP contribution in [0.1, 0.15) is 30.9 Å². The van der Waals surface area contributed by atoms with E-state index >= 15 is 0 Å². The Morgan fingerprint density at radius 1 is 1.40 bits per heavy atom. The lowest BCUT2D eigenvalue weighted by Crippen LogP contribution is -2.44. The number of carbonyl (C=O) groups excluding carboxylic acids is 1. The van der Waals surface area contributed by atoms with E-state index in [1.165, 1.54) is 11.1 Å². The fraction of sp³-hybridized carbons (Fsp3) is 0.562. The number of piperidine rings is 1. The summed E-state index contributed by atoms with van der Waals surface area (Å²) in [6.07, 6.45) is 1.81. The van der Waals surface area contributed by atoms with Crippen LogP contribution in [-0.4, -0.2) is 36.7 Å². The predicted octanol–water partition coefficient (Wildman–Crippen LogP) is 2.71. The number of nitrogens with zero attached hydrogens (tertiary/aromatic N) is 1. The van der Waals surface area contributed by atoms with Crippen molar-refractivity contribution in [3.8, 4) is 0 Å². The van der Waals surface area contributed by atoms with E-state index in [2.05, 4.69) is 36.5 Å². The Morgan fingerprint density at radius 2 is 2.15 bits per heavy atom. The smallest absolute Gasteiger partial charge is 0.409 e. The summed E-state index contributed by atoms with van der Waals surface area (Å²) < 4.78 is 5.03. The van der Waals surface area contributed by atoms with E-state index in [9.17, 15) is 4.79 Å². The minimum absolute atomic E-state index is 0.176. The molecule has 1 N–H and O–H groups in total. The molecule has 1 aromatic rings. The van der Waals surface area contributed by atoms with Crippen LogP contribution in [0.25, 0.3) is 0 Å². The number of hydrogen-bond acceptors (Lipinski definition) is 3. The first-order valence-corrected chi connectivity index (χ1v) is 7.39. The topological polar surface area (TPSA) is 41.6 Å². The maximum absolute atomic E-state index is 11.6. The molecule has 0 atom stereocenters. The van der Waals surface area contributed by atoms with Crippen molar-refractivity contribution < 1.29 is 9.53 Å². The zero-order valence-corrected chi connectivity index (χ0v) is 12.4. The third kappa shape index (κ3) is 4.23. The Bertz CT molecular complexity index is 440. The number of aryl methyl sites for hydroxylation is 1. The first kappa shape index (κ1) is 14.9. The summed E-state index contributed by atoms with van der Waals surface area (Å²) in [7, 11) is 0. The molecule has 0 radical (unpaired) electrons. The van der Waals surface area contributed by atoms with Crippen LogP contribution >= 0.6 is 0 Å². The number of carbonyl (C=O) groups is 1. The number of benzene rings is 1. The molecule has 1 aliphatic heterocycles. The molecule has 1 fully saturated rings. The van der Waals surface area contributed by atoms with E-state index in [4.69, 9.17) is 4.74 Å². The molecule has 1 amide bonds. The van der Waals surface area contributed by atoms with Gasteiger partial charge in [0.05, 0.1) is 6.61 Å².